The average Bonchev–Trinajstić information content (AvgIpc) is 2.43. The van der Waals surface area contributed by atoms with Crippen molar-refractivity contribution < 1.29 is 9.90 Å². The normalized spacial score (nSPS) is 9.80. The summed E-state index contributed by atoms with van der Waals surface area (Å²) in [5, 5.41) is 20.9. The standard InChI is InChI=1S/C14H10ClN3O2/c15-11-5-8(7-16)1-4-13(11)18-14(20)10-6-9(19)2-3-12(10)17/h1-6,19H,17H2,(H,18,20). The van der Waals surface area contributed by atoms with Crippen molar-refractivity contribution in [1.82, 2.24) is 0 Å². The van der Waals surface area contributed by atoms with Gasteiger partial charge >= 0.3 is 0 Å². The van der Waals surface area contributed by atoms with Crippen LogP contribution >= 0.6 is 11.6 Å². The van der Waals surface area contributed by atoms with Gasteiger partial charge in [0.25, 0.3) is 5.91 Å². The van der Waals surface area contributed by atoms with Crippen LogP contribution in [0.5, 0.6) is 5.75 Å². The Kier molecular flexibility index (Phi) is 3.78. The molecule has 0 atom stereocenters. The van der Waals surface area contributed by atoms with E-state index in [0.29, 0.717) is 11.3 Å². The second kappa shape index (κ2) is 5.51. The van der Waals surface area contributed by atoms with Gasteiger partial charge in [-0.15, -0.1) is 0 Å². The van der Waals surface area contributed by atoms with E-state index in [1.165, 1.54) is 36.4 Å². The van der Waals surface area contributed by atoms with Crippen molar-refractivity contribution in [1.29, 1.82) is 5.26 Å². The molecule has 0 saturated carbocycles. The Morgan fingerprint density at radius 1 is 1.30 bits per heavy atom. The Labute approximate surface area is 120 Å². The van der Waals surface area contributed by atoms with Gasteiger partial charge in [0.2, 0.25) is 0 Å². The fraction of sp³-hybridized carbons (Fsp3) is 0. The van der Waals surface area contributed by atoms with Gasteiger partial charge in [0.15, 0.2) is 0 Å². The number of benzene rings is 2. The van der Waals surface area contributed by atoms with Crippen LogP contribution in [0.1, 0.15) is 15.9 Å². The third-order valence-electron chi connectivity index (χ3n) is 2.63. The summed E-state index contributed by atoms with van der Waals surface area (Å²) in [7, 11) is 0. The second-order valence-corrected chi connectivity index (χ2v) is 4.44. The minimum absolute atomic E-state index is 0.0599. The van der Waals surface area contributed by atoms with E-state index in [-0.39, 0.29) is 22.0 Å². The van der Waals surface area contributed by atoms with Crippen molar-refractivity contribution in [2.45, 2.75) is 0 Å². The number of hydrogen-bond acceptors (Lipinski definition) is 4. The zero-order chi connectivity index (χ0) is 14.7. The summed E-state index contributed by atoms with van der Waals surface area (Å²) in [4.78, 5) is 12.1. The molecule has 4 N–H and O–H groups in total. The number of phenols is 1. The Bertz CT molecular complexity index is 723. The molecule has 2 aromatic rings. The fourth-order valence-electron chi connectivity index (χ4n) is 1.62. The van der Waals surface area contributed by atoms with E-state index in [1.807, 2.05) is 6.07 Å². The number of carbonyl (C=O) groups is 1. The Morgan fingerprint density at radius 3 is 2.70 bits per heavy atom. The van der Waals surface area contributed by atoms with Crippen LogP contribution in [0.3, 0.4) is 0 Å². The predicted octanol–water partition coefficient (Wildman–Crippen LogP) is 2.75. The van der Waals surface area contributed by atoms with Gasteiger partial charge in [-0.3, -0.25) is 4.79 Å². The highest BCUT2D eigenvalue weighted by Crippen LogP contribution is 2.25. The maximum atomic E-state index is 12.1. The maximum Gasteiger partial charge on any atom is 0.257 e. The van der Waals surface area contributed by atoms with Crippen molar-refractivity contribution in [3.05, 3.63) is 52.5 Å². The summed E-state index contributed by atoms with van der Waals surface area (Å²) in [6, 6.07) is 10.5. The molecular formula is C14H10ClN3O2. The molecule has 0 aliphatic heterocycles. The van der Waals surface area contributed by atoms with Crippen molar-refractivity contribution in [2.24, 2.45) is 0 Å². The molecule has 0 aromatic heterocycles. The molecule has 0 fully saturated rings. The molecule has 0 saturated heterocycles. The maximum absolute atomic E-state index is 12.1. The number of phenolic OH excluding ortho intramolecular Hbond substituents is 1. The number of nitrogens with zero attached hydrogens (tertiary/aromatic N) is 1. The Morgan fingerprint density at radius 2 is 2.05 bits per heavy atom. The topological polar surface area (TPSA) is 99.1 Å². The van der Waals surface area contributed by atoms with Gasteiger partial charge in [0.05, 0.1) is 27.9 Å². The van der Waals surface area contributed by atoms with Gasteiger partial charge in [0.1, 0.15) is 5.75 Å². The lowest BCUT2D eigenvalue weighted by atomic mass is 10.1. The molecule has 2 rings (SSSR count). The molecule has 0 spiro atoms. The number of rotatable bonds is 2. The highest BCUT2D eigenvalue weighted by atomic mass is 35.5. The fourth-order valence-corrected chi connectivity index (χ4v) is 1.84. The number of nitrogen functional groups attached to an aromatic ring is 1. The van der Waals surface area contributed by atoms with Crippen LogP contribution in [-0.2, 0) is 0 Å². The number of amides is 1. The Hall–Kier alpha value is -2.71. The number of hydrogen-bond donors (Lipinski definition) is 3. The molecule has 0 unspecified atom stereocenters. The van der Waals surface area contributed by atoms with Crippen LogP contribution in [0.25, 0.3) is 0 Å². The van der Waals surface area contributed by atoms with Crippen LogP contribution in [-0.4, -0.2) is 11.0 Å². The molecule has 0 aliphatic carbocycles. The van der Waals surface area contributed by atoms with E-state index >= 15 is 0 Å². The lowest BCUT2D eigenvalue weighted by molar-refractivity contribution is 0.102. The Balaban J connectivity index is 2.28. The van der Waals surface area contributed by atoms with E-state index in [9.17, 15) is 9.90 Å². The first-order chi connectivity index (χ1) is 9.51. The first kappa shape index (κ1) is 13.7. The first-order valence-electron chi connectivity index (χ1n) is 5.61. The summed E-state index contributed by atoms with van der Waals surface area (Å²) in [6.07, 6.45) is 0. The monoisotopic (exact) mass is 287 g/mol. The molecule has 1 amide bonds. The predicted molar refractivity (Wildman–Crippen MR) is 76.6 cm³/mol. The molecular weight excluding hydrogens is 278 g/mol. The van der Waals surface area contributed by atoms with Gasteiger partial charge in [0, 0.05) is 5.69 Å². The summed E-state index contributed by atoms with van der Waals surface area (Å²) >= 11 is 5.96. The molecule has 0 bridgehead atoms. The van der Waals surface area contributed by atoms with Crippen LogP contribution < -0.4 is 11.1 Å². The third kappa shape index (κ3) is 2.82. The summed E-state index contributed by atoms with van der Waals surface area (Å²) < 4.78 is 0. The summed E-state index contributed by atoms with van der Waals surface area (Å²) in [6.45, 7) is 0. The van der Waals surface area contributed by atoms with Gasteiger partial charge in [-0.2, -0.15) is 5.26 Å². The van der Waals surface area contributed by atoms with E-state index in [1.54, 1.807) is 0 Å². The summed E-state index contributed by atoms with van der Waals surface area (Å²) in [5.41, 5.74) is 6.82. The van der Waals surface area contributed by atoms with E-state index in [4.69, 9.17) is 22.6 Å². The molecule has 100 valence electrons. The SMILES string of the molecule is N#Cc1ccc(NC(=O)c2cc(O)ccc2N)c(Cl)c1. The number of halogens is 1. The third-order valence-corrected chi connectivity index (χ3v) is 2.94. The second-order valence-electron chi connectivity index (χ2n) is 4.03. The number of carbonyl (C=O) groups excluding carboxylic acids is 1. The average molecular weight is 288 g/mol. The molecule has 5 nitrogen and oxygen atoms in total. The van der Waals surface area contributed by atoms with Crippen molar-refractivity contribution >= 4 is 28.9 Å². The van der Waals surface area contributed by atoms with E-state index < -0.39 is 5.91 Å². The molecule has 0 radical (unpaired) electrons. The number of nitriles is 1. The van der Waals surface area contributed by atoms with Crippen molar-refractivity contribution in [3.63, 3.8) is 0 Å². The first-order valence-corrected chi connectivity index (χ1v) is 5.98. The van der Waals surface area contributed by atoms with Crippen molar-refractivity contribution in [3.8, 4) is 11.8 Å². The number of nitrogens with two attached hydrogens (primary N) is 1. The molecule has 6 heteroatoms. The molecule has 2 aromatic carbocycles. The van der Waals surface area contributed by atoms with Crippen LogP contribution in [0, 0.1) is 11.3 Å². The quantitative estimate of drug-likeness (QED) is 0.584. The number of aromatic hydroxyl groups is 1. The van der Waals surface area contributed by atoms with Crippen LogP contribution in [0.2, 0.25) is 5.02 Å². The smallest absolute Gasteiger partial charge is 0.257 e. The summed E-state index contributed by atoms with van der Waals surface area (Å²) in [5.74, 6) is -0.555. The highest BCUT2D eigenvalue weighted by Gasteiger charge is 2.12. The zero-order valence-electron chi connectivity index (χ0n) is 10.2. The van der Waals surface area contributed by atoms with Crippen LogP contribution in [0.15, 0.2) is 36.4 Å². The lowest BCUT2D eigenvalue weighted by Gasteiger charge is -2.09. The van der Waals surface area contributed by atoms with Gasteiger partial charge in [-0.05, 0) is 36.4 Å². The lowest BCUT2D eigenvalue weighted by Crippen LogP contribution is -2.14. The molecule has 0 aliphatic rings. The van der Waals surface area contributed by atoms with E-state index in [0.717, 1.165) is 0 Å². The number of anilines is 2. The molecule has 20 heavy (non-hydrogen) atoms. The minimum Gasteiger partial charge on any atom is -0.508 e. The zero-order valence-corrected chi connectivity index (χ0v) is 11.0. The molecule has 0 heterocycles. The largest absolute Gasteiger partial charge is 0.508 e. The van der Waals surface area contributed by atoms with Crippen molar-refractivity contribution in [2.75, 3.05) is 11.1 Å². The van der Waals surface area contributed by atoms with E-state index in [2.05, 4.69) is 5.32 Å². The van der Waals surface area contributed by atoms with Gasteiger partial charge in [-0.25, -0.2) is 0 Å². The minimum atomic E-state index is -0.495. The highest BCUT2D eigenvalue weighted by molar-refractivity contribution is 6.34. The van der Waals surface area contributed by atoms with Gasteiger partial charge < -0.3 is 16.2 Å². The van der Waals surface area contributed by atoms with Crippen LogP contribution in [0.4, 0.5) is 11.4 Å². The number of nitrogens with one attached hydrogen (secondary N) is 1. The van der Waals surface area contributed by atoms with Gasteiger partial charge in [-0.1, -0.05) is 11.6 Å².